The highest BCUT2D eigenvalue weighted by Gasteiger charge is 2.28. The van der Waals surface area contributed by atoms with Crippen molar-refractivity contribution in [1.82, 2.24) is 4.98 Å². The third kappa shape index (κ3) is 1.59. The van der Waals surface area contributed by atoms with Crippen LogP contribution in [0.1, 0.15) is 36.1 Å². The van der Waals surface area contributed by atoms with Crippen molar-refractivity contribution in [2.75, 3.05) is 13.2 Å². The predicted octanol–water partition coefficient (Wildman–Crippen LogP) is 2.84. The first-order chi connectivity index (χ1) is 6.83. The molecule has 1 aromatic heterocycles. The van der Waals surface area contributed by atoms with Gasteiger partial charge >= 0.3 is 0 Å². The maximum atomic E-state index is 5.19. The minimum absolute atomic E-state index is 0.532. The highest BCUT2D eigenvalue weighted by molar-refractivity contribution is 9.10. The Morgan fingerprint density at radius 1 is 1.14 bits per heavy atom. The van der Waals surface area contributed by atoms with E-state index in [1.807, 2.05) is 0 Å². The zero-order chi connectivity index (χ0) is 9.54. The predicted molar refractivity (Wildman–Crippen MR) is 57.5 cm³/mol. The second-order valence-electron chi connectivity index (χ2n) is 4.14. The smallest absolute Gasteiger partial charge is 0.0572 e. The molecule has 0 radical (unpaired) electrons. The molecule has 2 aliphatic rings. The van der Waals surface area contributed by atoms with Crippen molar-refractivity contribution in [2.45, 2.75) is 24.7 Å². The lowest BCUT2D eigenvalue weighted by Crippen LogP contribution is -2.26. The Morgan fingerprint density at radius 3 is 2.29 bits per heavy atom. The highest BCUT2D eigenvalue weighted by Crippen LogP contribution is 2.40. The molecule has 0 N–H and O–H groups in total. The van der Waals surface area contributed by atoms with Gasteiger partial charge in [0.15, 0.2) is 0 Å². The van der Waals surface area contributed by atoms with E-state index in [0.717, 1.165) is 23.6 Å². The summed E-state index contributed by atoms with van der Waals surface area (Å²) in [7, 11) is 0. The summed E-state index contributed by atoms with van der Waals surface area (Å²) in [5, 5.41) is 0. The van der Waals surface area contributed by atoms with Crippen LogP contribution in [0.3, 0.4) is 0 Å². The molecule has 0 amide bonds. The Balaban J connectivity index is 1.93. The van der Waals surface area contributed by atoms with E-state index in [1.54, 1.807) is 0 Å². The van der Waals surface area contributed by atoms with Gasteiger partial charge in [0.1, 0.15) is 0 Å². The minimum atomic E-state index is 0.532. The van der Waals surface area contributed by atoms with Gasteiger partial charge in [-0.1, -0.05) is 15.9 Å². The molecule has 2 nitrogen and oxygen atoms in total. The van der Waals surface area contributed by atoms with Gasteiger partial charge in [-0.25, -0.2) is 0 Å². The average molecular weight is 254 g/mol. The van der Waals surface area contributed by atoms with Crippen LogP contribution in [-0.2, 0) is 4.74 Å². The molecule has 1 aliphatic heterocycles. The van der Waals surface area contributed by atoms with E-state index in [2.05, 4.69) is 28.1 Å². The number of hydrogen-bond donors (Lipinski definition) is 0. The summed E-state index contributed by atoms with van der Waals surface area (Å²) in [5.74, 6) is 1.26. The zero-order valence-corrected chi connectivity index (χ0v) is 9.46. The van der Waals surface area contributed by atoms with Gasteiger partial charge in [0.2, 0.25) is 0 Å². The SMILES string of the molecule is Brc1cc(C2CC2)nc(C2COC2)c1. The number of halogens is 1. The Hall–Kier alpha value is -0.410. The van der Waals surface area contributed by atoms with Crippen molar-refractivity contribution in [3.8, 4) is 0 Å². The number of nitrogens with zero attached hydrogens (tertiary/aromatic N) is 1. The molecule has 14 heavy (non-hydrogen) atoms. The van der Waals surface area contributed by atoms with Crippen molar-refractivity contribution < 1.29 is 4.74 Å². The van der Waals surface area contributed by atoms with Gasteiger partial charge in [-0.05, 0) is 25.0 Å². The van der Waals surface area contributed by atoms with Crippen molar-refractivity contribution in [1.29, 1.82) is 0 Å². The third-order valence-corrected chi connectivity index (χ3v) is 3.34. The molecule has 0 aromatic carbocycles. The van der Waals surface area contributed by atoms with Crippen LogP contribution in [0.4, 0.5) is 0 Å². The van der Waals surface area contributed by atoms with E-state index < -0.39 is 0 Å². The van der Waals surface area contributed by atoms with E-state index in [4.69, 9.17) is 9.72 Å². The quantitative estimate of drug-likeness (QED) is 0.809. The number of ether oxygens (including phenoxy) is 1. The fourth-order valence-corrected chi connectivity index (χ4v) is 2.21. The first-order valence-electron chi connectivity index (χ1n) is 5.08. The summed E-state index contributed by atoms with van der Waals surface area (Å²) >= 11 is 3.55. The van der Waals surface area contributed by atoms with Crippen molar-refractivity contribution in [3.63, 3.8) is 0 Å². The molecule has 2 heterocycles. The van der Waals surface area contributed by atoms with Gasteiger partial charge in [-0.2, -0.15) is 0 Å². The zero-order valence-electron chi connectivity index (χ0n) is 7.87. The monoisotopic (exact) mass is 253 g/mol. The summed E-state index contributed by atoms with van der Waals surface area (Å²) in [4.78, 5) is 4.71. The van der Waals surface area contributed by atoms with Gasteiger partial charge in [-0.3, -0.25) is 4.98 Å². The van der Waals surface area contributed by atoms with E-state index in [-0.39, 0.29) is 0 Å². The molecule has 74 valence electrons. The molecule has 0 unspecified atom stereocenters. The summed E-state index contributed by atoms with van der Waals surface area (Å²) in [6.07, 6.45) is 2.62. The van der Waals surface area contributed by atoms with E-state index >= 15 is 0 Å². The molecule has 1 aliphatic carbocycles. The van der Waals surface area contributed by atoms with Crippen LogP contribution in [0.2, 0.25) is 0 Å². The molecule has 3 rings (SSSR count). The Bertz CT molecular complexity index is 358. The Labute approximate surface area is 91.8 Å². The maximum absolute atomic E-state index is 5.19. The Morgan fingerprint density at radius 2 is 1.79 bits per heavy atom. The first kappa shape index (κ1) is 8.86. The number of pyridine rings is 1. The lowest BCUT2D eigenvalue weighted by Gasteiger charge is -2.25. The molecule has 1 saturated carbocycles. The fourth-order valence-electron chi connectivity index (χ4n) is 1.74. The van der Waals surface area contributed by atoms with Crippen molar-refractivity contribution >= 4 is 15.9 Å². The number of aromatic nitrogens is 1. The average Bonchev–Trinajstić information content (AvgIpc) is 2.80. The fraction of sp³-hybridized carbons (Fsp3) is 0.545. The van der Waals surface area contributed by atoms with E-state index in [0.29, 0.717) is 5.92 Å². The molecular weight excluding hydrogens is 242 g/mol. The molecule has 0 bridgehead atoms. The second kappa shape index (κ2) is 3.31. The summed E-state index contributed by atoms with van der Waals surface area (Å²) < 4.78 is 6.35. The molecule has 0 spiro atoms. The second-order valence-corrected chi connectivity index (χ2v) is 5.06. The van der Waals surface area contributed by atoms with Gasteiger partial charge < -0.3 is 4.74 Å². The summed E-state index contributed by atoms with van der Waals surface area (Å²) in [6, 6.07) is 4.28. The van der Waals surface area contributed by atoms with Crippen LogP contribution in [-0.4, -0.2) is 18.2 Å². The number of hydrogen-bond acceptors (Lipinski definition) is 2. The van der Waals surface area contributed by atoms with Crippen molar-refractivity contribution in [2.24, 2.45) is 0 Å². The van der Waals surface area contributed by atoms with Crippen LogP contribution in [0.25, 0.3) is 0 Å². The van der Waals surface area contributed by atoms with Crippen LogP contribution in [0, 0.1) is 0 Å². The molecule has 3 heteroatoms. The normalized spacial score (nSPS) is 22.1. The van der Waals surface area contributed by atoms with Crippen LogP contribution in [0.15, 0.2) is 16.6 Å². The topological polar surface area (TPSA) is 22.1 Å². The van der Waals surface area contributed by atoms with Gasteiger partial charge in [0.25, 0.3) is 0 Å². The highest BCUT2D eigenvalue weighted by atomic mass is 79.9. The lowest BCUT2D eigenvalue weighted by atomic mass is 10.0. The molecule has 0 atom stereocenters. The summed E-state index contributed by atoms with van der Waals surface area (Å²) in [5.41, 5.74) is 2.47. The maximum Gasteiger partial charge on any atom is 0.0572 e. The van der Waals surface area contributed by atoms with E-state index in [1.165, 1.54) is 24.2 Å². The van der Waals surface area contributed by atoms with Gasteiger partial charge in [0, 0.05) is 27.7 Å². The number of rotatable bonds is 2. The van der Waals surface area contributed by atoms with Crippen molar-refractivity contribution in [3.05, 3.63) is 28.0 Å². The Kier molecular flexibility index (Phi) is 2.10. The third-order valence-electron chi connectivity index (χ3n) is 2.88. The molecule has 1 saturated heterocycles. The lowest BCUT2D eigenvalue weighted by molar-refractivity contribution is 0.00662. The van der Waals surface area contributed by atoms with Crippen LogP contribution >= 0.6 is 15.9 Å². The van der Waals surface area contributed by atoms with E-state index in [9.17, 15) is 0 Å². The van der Waals surface area contributed by atoms with Gasteiger partial charge in [-0.15, -0.1) is 0 Å². The van der Waals surface area contributed by atoms with Gasteiger partial charge in [0.05, 0.1) is 13.2 Å². The first-order valence-corrected chi connectivity index (χ1v) is 5.87. The van der Waals surface area contributed by atoms with Crippen LogP contribution < -0.4 is 0 Å². The molecule has 2 fully saturated rings. The van der Waals surface area contributed by atoms with Crippen LogP contribution in [0.5, 0.6) is 0 Å². The molecule has 1 aromatic rings. The standard InChI is InChI=1S/C11H12BrNO/c12-9-3-10(7-1-2-7)13-11(4-9)8-5-14-6-8/h3-4,7-8H,1-2,5-6H2. The minimum Gasteiger partial charge on any atom is -0.380 e. The molecular formula is C11H12BrNO. The largest absolute Gasteiger partial charge is 0.380 e. The summed E-state index contributed by atoms with van der Waals surface area (Å²) in [6.45, 7) is 1.68.